The number of fused-ring (bicyclic) bond motifs is 14. The second kappa shape index (κ2) is 22.4. The lowest BCUT2D eigenvalue weighted by atomic mass is 9.33. The van der Waals surface area contributed by atoms with Crippen LogP contribution in [0.3, 0.4) is 0 Å². The summed E-state index contributed by atoms with van der Waals surface area (Å²) in [5.41, 5.74) is -0.107. The van der Waals surface area contributed by atoms with E-state index in [2.05, 4.69) is 67.1 Å². The van der Waals surface area contributed by atoms with Gasteiger partial charge < -0.3 is 35.0 Å². The van der Waals surface area contributed by atoms with E-state index < -0.39 is 39.8 Å². The lowest BCUT2D eigenvalue weighted by Gasteiger charge is -2.70. The first-order valence-electron chi connectivity index (χ1n) is 32.2. The van der Waals surface area contributed by atoms with E-state index in [0.717, 1.165) is 95.5 Å². The fraction of sp³-hybridized carbons (Fsp3) is 0.792. The number of rotatable bonds is 7. The summed E-state index contributed by atoms with van der Waals surface area (Å²) in [6.07, 6.45) is 18.4. The summed E-state index contributed by atoms with van der Waals surface area (Å²) in [5.74, 6) is -0.383. The molecule has 84 heavy (non-hydrogen) atoms. The Morgan fingerprint density at radius 3 is 1.33 bits per heavy atom. The average molecular weight is 1170 g/mol. The van der Waals surface area contributed by atoms with E-state index in [-0.39, 0.29) is 130 Å². The van der Waals surface area contributed by atoms with Gasteiger partial charge in [-0.2, -0.15) is 0 Å². The molecule has 1 aromatic rings. The first kappa shape index (κ1) is 66.2. The largest absolute Gasteiger partial charge is 0.481 e. The Bertz CT molecular complexity index is 2770. The Hall–Kier alpha value is -3.71. The van der Waals surface area contributed by atoms with Gasteiger partial charge in [-0.25, -0.2) is 0 Å². The van der Waals surface area contributed by atoms with Crippen LogP contribution in [-0.4, -0.2) is 87.0 Å². The van der Waals surface area contributed by atoms with E-state index in [1.807, 2.05) is 63.3 Å². The van der Waals surface area contributed by atoms with Crippen molar-refractivity contribution in [2.45, 2.75) is 239 Å². The van der Waals surface area contributed by atoms with Gasteiger partial charge in [0.1, 0.15) is 6.61 Å². The van der Waals surface area contributed by atoms with Crippen LogP contribution in [0.2, 0.25) is 0 Å². The lowest BCUT2D eigenvalue weighted by molar-refractivity contribution is -0.213. The number of ketones is 2. The zero-order valence-electron chi connectivity index (χ0n) is 53.3. The number of aliphatic hydroxyl groups is 4. The number of hydrogen-bond donors (Lipinski definition) is 5. The molecule has 10 aliphatic rings. The van der Waals surface area contributed by atoms with Crippen LogP contribution in [0.4, 0.5) is 0 Å². The van der Waals surface area contributed by atoms with Crippen molar-refractivity contribution in [1.82, 2.24) is 0 Å². The standard InChI is InChI=1S/C37H52O5.C30H46O5.C4H8O2.CH4/c1-32-16-17-33(2,31(41)42-22-24-10-8-7-9-11-24)21-26(32)25-20-27(39)30-34(3)14-13-29(40)35(4,23-38)28(34)12-15-37(30,6)36(25,5)19-18-32;1-25-11-12-26(2,24(34)35)16-19(25)18-15-20(32)23-27(3)9-8-22(33)28(4,17-31)21(27)7-10-30(23,6)29(18,5)14-13-25;1-3-6-4(2)5;/h7-11,20,26,28-30,38,40H,12-19,21-23H2,1-6H3;15,19,21-23,31,33H,7-14,16-17H2,1-6H3,(H,34,35);3H2,1-2H3;1H4/t26-,28+,29-,30+,32+,33-,34-,35-,36+,37+;19-,21+,22-,23+,25+,26-,27-,28-,29+,30+;;/m00../s1. The van der Waals surface area contributed by atoms with E-state index in [0.29, 0.717) is 32.3 Å². The van der Waals surface area contributed by atoms with Crippen molar-refractivity contribution in [3.8, 4) is 0 Å². The molecule has 8 fully saturated rings. The molecule has 0 aromatic heterocycles. The first-order chi connectivity index (χ1) is 38.6. The van der Waals surface area contributed by atoms with Crippen molar-refractivity contribution in [3.05, 3.63) is 59.2 Å². The molecule has 0 unspecified atom stereocenters. The summed E-state index contributed by atoms with van der Waals surface area (Å²) in [7, 11) is 0. The molecule has 0 heterocycles. The van der Waals surface area contributed by atoms with Crippen LogP contribution in [0.1, 0.15) is 225 Å². The van der Waals surface area contributed by atoms with Crippen LogP contribution in [-0.2, 0) is 40.1 Å². The maximum atomic E-state index is 14.5. The van der Waals surface area contributed by atoms with Gasteiger partial charge in [-0.1, -0.05) is 118 Å². The van der Waals surface area contributed by atoms with Gasteiger partial charge in [0, 0.05) is 29.6 Å². The van der Waals surface area contributed by atoms with Gasteiger partial charge in [0.15, 0.2) is 11.6 Å². The molecule has 0 bridgehead atoms. The predicted octanol–water partition coefficient (Wildman–Crippen LogP) is 13.6. The Morgan fingerprint density at radius 1 is 0.548 bits per heavy atom. The van der Waals surface area contributed by atoms with Crippen molar-refractivity contribution in [2.75, 3.05) is 19.8 Å². The summed E-state index contributed by atoms with van der Waals surface area (Å²) in [6, 6.07) is 9.87. The molecule has 8 saturated carbocycles. The Labute approximate surface area is 504 Å². The predicted molar refractivity (Wildman–Crippen MR) is 327 cm³/mol. The highest BCUT2D eigenvalue weighted by Crippen LogP contribution is 2.77. The number of ether oxygens (including phenoxy) is 2. The molecule has 5 N–H and O–H groups in total. The number of carbonyl (C=O) groups excluding carboxylic acids is 4. The number of carboxylic acid groups (broad SMARTS) is 1. The third-order valence-electron chi connectivity index (χ3n) is 28.0. The minimum Gasteiger partial charge on any atom is -0.481 e. The Kier molecular flexibility index (Phi) is 17.7. The molecule has 0 amide bonds. The molecule has 0 aliphatic heterocycles. The van der Waals surface area contributed by atoms with Crippen molar-refractivity contribution >= 4 is 29.5 Å². The highest BCUT2D eigenvalue weighted by atomic mass is 16.5. The third kappa shape index (κ3) is 9.81. The molecule has 10 aliphatic carbocycles. The number of allylic oxidation sites excluding steroid dienone is 4. The van der Waals surface area contributed by atoms with Crippen LogP contribution in [0.15, 0.2) is 53.6 Å². The molecular weight excluding hydrogens is 1060 g/mol. The normalized spacial score (nSPS) is 47.8. The van der Waals surface area contributed by atoms with Crippen molar-refractivity contribution in [2.24, 2.45) is 100 Å². The third-order valence-corrected chi connectivity index (χ3v) is 28.0. The maximum Gasteiger partial charge on any atom is 0.312 e. The second-order valence-corrected chi connectivity index (χ2v) is 32.2. The summed E-state index contributed by atoms with van der Waals surface area (Å²) in [6.45, 7) is 30.6. The molecule has 0 radical (unpaired) electrons. The zero-order valence-corrected chi connectivity index (χ0v) is 53.3. The van der Waals surface area contributed by atoms with Crippen molar-refractivity contribution in [3.63, 3.8) is 0 Å². The molecule has 470 valence electrons. The minimum absolute atomic E-state index is 0. The Balaban J connectivity index is 0.000000200. The van der Waals surface area contributed by atoms with E-state index in [9.17, 15) is 49.5 Å². The number of aliphatic hydroxyl groups excluding tert-OH is 4. The van der Waals surface area contributed by atoms with E-state index in [4.69, 9.17) is 4.74 Å². The number of hydrogen-bond acceptors (Lipinski definition) is 11. The molecule has 1 aromatic carbocycles. The molecule has 20 atom stereocenters. The fourth-order valence-electron chi connectivity index (χ4n) is 21.9. The molecule has 0 saturated heterocycles. The monoisotopic (exact) mass is 1170 g/mol. The van der Waals surface area contributed by atoms with Crippen LogP contribution in [0, 0.1) is 100 Å². The highest BCUT2D eigenvalue weighted by Gasteiger charge is 2.73. The van der Waals surface area contributed by atoms with Crippen LogP contribution < -0.4 is 0 Å². The minimum atomic E-state index is -0.740. The molecule has 0 spiro atoms. The number of carbonyl (C=O) groups is 5. The fourth-order valence-corrected chi connectivity index (χ4v) is 21.9. The van der Waals surface area contributed by atoms with Gasteiger partial charge in [-0.05, 0) is 221 Å². The second-order valence-electron chi connectivity index (χ2n) is 32.2. The molecular formula is C72H110O12. The topological polar surface area (TPSA) is 205 Å². The molecule has 12 nitrogen and oxygen atoms in total. The summed E-state index contributed by atoms with van der Waals surface area (Å²) in [4.78, 5) is 64.4. The highest BCUT2D eigenvalue weighted by molar-refractivity contribution is 5.96. The summed E-state index contributed by atoms with van der Waals surface area (Å²) in [5, 5.41) is 52.8. The van der Waals surface area contributed by atoms with Gasteiger partial charge in [0.05, 0.1) is 42.9 Å². The number of carboxylic acids is 1. The summed E-state index contributed by atoms with van der Waals surface area (Å²) >= 11 is 0. The molecule has 11 rings (SSSR count). The van der Waals surface area contributed by atoms with Crippen LogP contribution in [0.5, 0.6) is 0 Å². The number of aliphatic carboxylic acids is 1. The van der Waals surface area contributed by atoms with Gasteiger partial charge in [-0.3, -0.25) is 24.0 Å². The number of esters is 2. The molecule has 12 heteroatoms. The van der Waals surface area contributed by atoms with Gasteiger partial charge in [0.2, 0.25) is 0 Å². The smallest absolute Gasteiger partial charge is 0.312 e. The SMILES string of the molecule is C.CCOC(C)=O.C[C@]1(C(=O)O)CC[C@]2(C)CC[C@]3(C)C(=CC(=O)[C@@H]4[C@@]5(C)CC[C@H](O)[C@@](C)(CO)[C@@H]5CC[C@]43C)[C@@H]2C1.C[C@]1(C(=O)OCc2ccccc2)CC[C@]2(C)CC[C@]3(C)C(=CC(=O)[C@@H]4[C@@]5(C)CC[C@H](O)[C@@](C)(CO)[C@@H]5CC[C@]43C)[C@@H]2C1. The average Bonchev–Trinajstić information content (AvgIpc) is 0.773. The number of benzene rings is 1. The van der Waals surface area contributed by atoms with Gasteiger partial charge in [0.25, 0.3) is 0 Å². The van der Waals surface area contributed by atoms with Gasteiger partial charge in [-0.15, -0.1) is 0 Å². The summed E-state index contributed by atoms with van der Waals surface area (Å²) < 4.78 is 10.3. The van der Waals surface area contributed by atoms with E-state index in [1.54, 1.807) is 6.92 Å². The van der Waals surface area contributed by atoms with E-state index >= 15 is 0 Å². The Morgan fingerprint density at radius 2 is 0.952 bits per heavy atom. The maximum absolute atomic E-state index is 14.5. The van der Waals surface area contributed by atoms with E-state index in [1.165, 1.54) is 18.1 Å². The van der Waals surface area contributed by atoms with Crippen LogP contribution in [0.25, 0.3) is 0 Å². The van der Waals surface area contributed by atoms with Crippen molar-refractivity contribution in [1.29, 1.82) is 0 Å². The lowest BCUT2D eigenvalue weighted by Crippen LogP contribution is -2.67. The van der Waals surface area contributed by atoms with Crippen molar-refractivity contribution < 1.29 is 59.0 Å². The van der Waals surface area contributed by atoms with Gasteiger partial charge >= 0.3 is 17.9 Å². The quantitative estimate of drug-likeness (QED) is 0.162. The first-order valence-corrected chi connectivity index (χ1v) is 32.2. The zero-order chi connectivity index (χ0) is 61.2. The van der Waals surface area contributed by atoms with Crippen LogP contribution >= 0.6 is 0 Å².